The summed E-state index contributed by atoms with van der Waals surface area (Å²) in [5.74, 6) is 4.00. The number of rotatable bonds is 7. The minimum absolute atomic E-state index is 0.323. The van der Waals surface area contributed by atoms with Gasteiger partial charge in [-0.2, -0.15) is 0 Å². The van der Waals surface area contributed by atoms with Gasteiger partial charge in [0, 0.05) is 33.2 Å². The van der Waals surface area contributed by atoms with E-state index < -0.39 is 0 Å². The fourth-order valence-corrected chi connectivity index (χ4v) is 3.88. The first-order valence-corrected chi connectivity index (χ1v) is 10.2. The van der Waals surface area contributed by atoms with E-state index in [1.54, 1.807) is 0 Å². The topological polar surface area (TPSA) is 58.1 Å². The zero-order chi connectivity index (χ0) is 19.1. The lowest BCUT2D eigenvalue weighted by atomic mass is 9.97. The largest absolute Gasteiger partial charge is 0.454 e. The van der Waals surface area contributed by atoms with Gasteiger partial charge in [0.15, 0.2) is 17.5 Å². The van der Waals surface area contributed by atoms with Gasteiger partial charge in [0.1, 0.15) is 0 Å². The van der Waals surface area contributed by atoms with E-state index in [1.807, 2.05) is 13.1 Å². The average Bonchev–Trinajstić information content (AvgIpc) is 3.12. The van der Waals surface area contributed by atoms with Crippen molar-refractivity contribution < 1.29 is 9.47 Å². The van der Waals surface area contributed by atoms with Crippen LogP contribution in [0.3, 0.4) is 0 Å². The van der Waals surface area contributed by atoms with Crippen molar-refractivity contribution in [1.29, 1.82) is 0 Å². The maximum atomic E-state index is 5.44. The van der Waals surface area contributed by atoms with Crippen LogP contribution in [-0.4, -0.2) is 57.4 Å². The molecule has 6 nitrogen and oxygen atoms in total. The fourth-order valence-electron chi connectivity index (χ4n) is 3.88. The highest BCUT2D eigenvalue weighted by Crippen LogP contribution is 2.32. The molecule has 150 valence electrons. The van der Waals surface area contributed by atoms with Crippen molar-refractivity contribution in [3.63, 3.8) is 0 Å². The van der Waals surface area contributed by atoms with Crippen LogP contribution in [0.1, 0.15) is 32.3 Å². The highest BCUT2D eigenvalue weighted by molar-refractivity contribution is 5.79. The van der Waals surface area contributed by atoms with Crippen LogP contribution >= 0.6 is 0 Å². The van der Waals surface area contributed by atoms with Gasteiger partial charge in [-0.15, -0.1) is 0 Å². The Morgan fingerprint density at radius 3 is 2.93 bits per heavy atom. The summed E-state index contributed by atoms with van der Waals surface area (Å²) in [6.07, 6.45) is 3.52. The zero-order valence-corrected chi connectivity index (χ0v) is 17.0. The van der Waals surface area contributed by atoms with E-state index in [-0.39, 0.29) is 0 Å². The summed E-state index contributed by atoms with van der Waals surface area (Å²) in [5.41, 5.74) is 1.24. The molecule has 0 radical (unpaired) electrons. The molecule has 27 heavy (non-hydrogen) atoms. The molecule has 0 bridgehead atoms. The maximum absolute atomic E-state index is 5.44. The smallest absolute Gasteiger partial charge is 0.231 e. The number of ether oxygens (including phenoxy) is 2. The molecule has 0 aromatic heterocycles. The Hall–Kier alpha value is -1.95. The van der Waals surface area contributed by atoms with Gasteiger partial charge in [-0.05, 0) is 55.3 Å². The first-order chi connectivity index (χ1) is 13.1. The van der Waals surface area contributed by atoms with E-state index in [2.05, 4.69) is 46.5 Å². The van der Waals surface area contributed by atoms with Crippen LogP contribution in [-0.2, 0) is 6.42 Å². The molecule has 2 aliphatic heterocycles. The standard InChI is InChI=1S/C21H34N4O2/c1-16(2)13-25-10-4-5-18(14-25)12-24-21(22-3)23-9-8-17-6-7-19-20(11-17)27-15-26-19/h6-7,11,16,18H,4-5,8-10,12-15H2,1-3H3,(H2,22,23,24). The van der Waals surface area contributed by atoms with Gasteiger partial charge in [-0.25, -0.2) is 0 Å². The molecule has 1 saturated heterocycles. The van der Waals surface area contributed by atoms with Gasteiger partial charge in [0.25, 0.3) is 0 Å². The van der Waals surface area contributed by atoms with Gasteiger partial charge >= 0.3 is 0 Å². The number of hydrogen-bond donors (Lipinski definition) is 2. The quantitative estimate of drug-likeness (QED) is 0.567. The van der Waals surface area contributed by atoms with E-state index in [4.69, 9.17) is 9.47 Å². The van der Waals surface area contributed by atoms with E-state index in [0.29, 0.717) is 12.7 Å². The third-order valence-corrected chi connectivity index (χ3v) is 5.15. The minimum Gasteiger partial charge on any atom is -0.454 e. The molecule has 1 atom stereocenters. The third kappa shape index (κ3) is 6.03. The Labute approximate surface area is 163 Å². The molecular weight excluding hydrogens is 340 g/mol. The third-order valence-electron chi connectivity index (χ3n) is 5.15. The summed E-state index contributed by atoms with van der Waals surface area (Å²) in [4.78, 5) is 6.97. The molecule has 0 spiro atoms. The van der Waals surface area contributed by atoms with Crippen LogP contribution in [0.5, 0.6) is 11.5 Å². The number of nitrogens with one attached hydrogen (secondary N) is 2. The summed E-state index contributed by atoms with van der Waals surface area (Å²) in [7, 11) is 1.84. The number of aliphatic imine (C=N–C) groups is 1. The first kappa shape index (κ1) is 19.8. The summed E-state index contributed by atoms with van der Waals surface area (Å²) < 4.78 is 10.8. The van der Waals surface area contributed by atoms with E-state index in [0.717, 1.165) is 42.9 Å². The lowest BCUT2D eigenvalue weighted by Crippen LogP contribution is -2.45. The molecule has 1 unspecified atom stereocenters. The lowest BCUT2D eigenvalue weighted by Gasteiger charge is -2.34. The van der Waals surface area contributed by atoms with Crippen molar-refractivity contribution in [1.82, 2.24) is 15.5 Å². The molecule has 1 fully saturated rings. The fraction of sp³-hybridized carbons (Fsp3) is 0.667. The molecule has 2 aliphatic rings. The van der Waals surface area contributed by atoms with Gasteiger partial charge in [-0.1, -0.05) is 19.9 Å². The Kier molecular flexibility index (Phi) is 7.21. The van der Waals surface area contributed by atoms with E-state index in [1.165, 1.54) is 38.0 Å². The number of benzene rings is 1. The van der Waals surface area contributed by atoms with Crippen molar-refractivity contribution >= 4 is 5.96 Å². The first-order valence-electron chi connectivity index (χ1n) is 10.2. The van der Waals surface area contributed by atoms with Crippen LogP contribution < -0.4 is 20.1 Å². The van der Waals surface area contributed by atoms with Crippen LogP contribution in [0, 0.1) is 11.8 Å². The average molecular weight is 375 g/mol. The molecule has 3 rings (SSSR count). The Bertz CT molecular complexity index is 633. The van der Waals surface area contributed by atoms with Crippen LogP contribution in [0.25, 0.3) is 0 Å². The maximum Gasteiger partial charge on any atom is 0.231 e. The molecule has 1 aromatic rings. The molecule has 0 saturated carbocycles. The molecule has 0 aliphatic carbocycles. The second-order valence-electron chi connectivity index (χ2n) is 7.98. The summed E-state index contributed by atoms with van der Waals surface area (Å²) in [5, 5.41) is 6.93. The Morgan fingerprint density at radius 1 is 1.26 bits per heavy atom. The normalized spacial score (nSPS) is 20.1. The number of piperidine rings is 1. The van der Waals surface area contributed by atoms with Gasteiger partial charge < -0.3 is 25.0 Å². The van der Waals surface area contributed by atoms with E-state index in [9.17, 15) is 0 Å². The van der Waals surface area contributed by atoms with Gasteiger partial charge in [0.05, 0.1) is 0 Å². The molecule has 1 aromatic carbocycles. The van der Waals surface area contributed by atoms with Gasteiger partial charge in [0.2, 0.25) is 6.79 Å². The molecule has 2 heterocycles. The van der Waals surface area contributed by atoms with Crippen molar-refractivity contribution in [3.8, 4) is 11.5 Å². The summed E-state index contributed by atoms with van der Waals surface area (Å²) in [6.45, 7) is 10.4. The molecule has 6 heteroatoms. The van der Waals surface area contributed by atoms with Gasteiger partial charge in [-0.3, -0.25) is 4.99 Å². The summed E-state index contributed by atoms with van der Waals surface area (Å²) >= 11 is 0. The number of hydrogen-bond acceptors (Lipinski definition) is 4. The molecule has 2 N–H and O–H groups in total. The number of nitrogens with zero attached hydrogens (tertiary/aromatic N) is 2. The van der Waals surface area contributed by atoms with Crippen molar-refractivity contribution in [3.05, 3.63) is 23.8 Å². The predicted octanol–water partition coefficient (Wildman–Crippen LogP) is 2.49. The monoisotopic (exact) mass is 374 g/mol. The second kappa shape index (κ2) is 9.83. The highest BCUT2D eigenvalue weighted by atomic mass is 16.7. The zero-order valence-electron chi connectivity index (χ0n) is 17.0. The van der Waals surface area contributed by atoms with E-state index >= 15 is 0 Å². The van der Waals surface area contributed by atoms with Crippen molar-refractivity contribution in [2.75, 3.05) is 46.6 Å². The molecular formula is C21H34N4O2. The minimum atomic E-state index is 0.323. The van der Waals surface area contributed by atoms with Crippen molar-refractivity contribution in [2.45, 2.75) is 33.1 Å². The number of fused-ring (bicyclic) bond motifs is 1. The lowest BCUT2D eigenvalue weighted by molar-refractivity contribution is 0.159. The second-order valence-corrected chi connectivity index (χ2v) is 7.98. The SMILES string of the molecule is CN=C(NCCc1ccc2c(c1)OCO2)NCC1CCCN(CC(C)C)C1. The summed E-state index contributed by atoms with van der Waals surface area (Å²) in [6, 6.07) is 6.14. The number of guanidine groups is 1. The highest BCUT2D eigenvalue weighted by Gasteiger charge is 2.20. The van der Waals surface area contributed by atoms with Crippen LogP contribution in [0.15, 0.2) is 23.2 Å². The van der Waals surface area contributed by atoms with Crippen LogP contribution in [0.4, 0.5) is 0 Å². The molecule has 0 amide bonds. The Balaban J connectivity index is 1.38. The predicted molar refractivity (Wildman–Crippen MR) is 110 cm³/mol. The Morgan fingerprint density at radius 2 is 2.11 bits per heavy atom. The van der Waals surface area contributed by atoms with Crippen molar-refractivity contribution in [2.24, 2.45) is 16.8 Å². The van der Waals surface area contributed by atoms with Crippen LogP contribution in [0.2, 0.25) is 0 Å². The number of likely N-dealkylation sites (tertiary alicyclic amines) is 1.